The molecule has 0 aliphatic heterocycles. The van der Waals surface area contributed by atoms with E-state index in [1.165, 1.54) is 212 Å². The molecule has 422 valence electrons. The van der Waals surface area contributed by atoms with Gasteiger partial charge in [0.05, 0.1) is 39.9 Å². The van der Waals surface area contributed by atoms with E-state index in [0.29, 0.717) is 17.4 Å². The van der Waals surface area contributed by atoms with E-state index in [1.54, 1.807) is 6.08 Å². The molecule has 0 fully saturated rings. The lowest BCUT2D eigenvalue weighted by Crippen LogP contribution is -2.45. The molecule has 0 spiro atoms. The van der Waals surface area contributed by atoms with Crippen LogP contribution in [0.15, 0.2) is 60.8 Å². The van der Waals surface area contributed by atoms with Gasteiger partial charge in [0, 0.05) is 6.42 Å². The van der Waals surface area contributed by atoms with Crippen molar-refractivity contribution in [3.8, 4) is 0 Å². The first-order chi connectivity index (χ1) is 35.0. The molecule has 72 heavy (non-hydrogen) atoms. The van der Waals surface area contributed by atoms with Crippen LogP contribution in [0, 0.1) is 0 Å². The maximum absolute atomic E-state index is 13.0. The number of phosphoric acid groups is 1. The van der Waals surface area contributed by atoms with E-state index >= 15 is 0 Å². The first-order valence-electron chi connectivity index (χ1n) is 30.7. The van der Waals surface area contributed by atoms with Crippen molar-refractivity contribution in [2.75, 3.05) is 40.9 Å². The molecule has 0 saturated heterocycles. The highest BCUT2D eigenvalue weighted by molar-refractivity contribution is 7.47. The molecule has 0 bridgehead atoms. The molecular formula is C63H120N2O6P+. The third-order valence-corrected chi connectivity index (χ3v) is 14.7. The number of carbonyl (C=O) groups is 1. The molecule has 0 saturated carbocycles. The van der Waals surface area contributed by atoms with Crippen molar-refractivity contribution in [2.24, 2.45) is 0 Å². The number of quaternary nitrogens is 1. The van der Waals surface area contributed by atoms with E-state index in [-0.39, 0.29) is 19.1 Å². The van der Waals surface area contributed by atoms with Crippen LogP contribution in [-0.2, 0) is 18.4 Å². The molecule has 1 amide bonds. The quantitative estimate of drug-likeness (QED) is 0.0243. The van der Waals surface area contributed by atoms with E-state index in [4.69, 9.17) is 9.05 Å². The van der Waals surface area contributed by atoms with Crippen LogP contribution in [0.25, 0.3) is 0 Å². The number of carbonyl (C=O) groups excluding carboxylic acids is 1. The van der Waals surface area contributed by atoms with Crippen LogP contribution < -0.4 is 5.32 Å². The first-order valence-corrected chi connectivity index (χ1v) is 32.2. The minimum absolute atomic E-state index is 0.0511. The Labute approximate surface area is 447 Å². The Hall–Kier alpha value is -1.80. The van der Waals surface area contributed by atoms with Gasteiger partial charge in [-0.05, 0) is 77.0 Å². The van der Waals surface area contributed by atoms with E-state index < -0.39 is 20.0 Å². The summed E-state index contributed by atoms with van der Waals surface area (Å²) in [5.74, 6) is -0.194. The van der Waals surface area contributed by atoms with Gasteiger partial charge < -0.3 is 19.8 Å². The lowest BCUT2D eigenvalue weighted by molar-refractivity contribution is -0.870. The minimum Gasteiger partial charge on any atom is -0.387 e. The Morgan fingerprint density at radius 3 is 1.19 bits per heavy atom. The Balaban J connectivity index is 4.24. The summed E-state index contributed by atoms with van der Waals surface area (Å²) in [4.78, 5) is 23.3. The number of likely N-dealkylation sites (N-methyl/N-ethyl adjacent to an activating group) is 1. The maximum Gasteiger partial charge on any atom is 0.472 e. The standard InChI is InChI=1S/C63H119N2O6P/c1-6-8-10-12-14-16-18-20-22-24-26-28-29-30-31-32-33-34-35-37-38-40-42-44-46-48-50-52-54-56-62(66)61(60-71-72(68,69)70-59-58-65(3,4)5)64-63(67)57-55-53-51-49-47-45-43-41-39-36-27-25-23-21-19-17-15-13-11-9-7-2/h19,21,25,27,38,40,46,48,54,56,61-62,66H,6-18,20,22-24,26,28-37,39,41-45,47,49-53,55,57-60H2,1-5H3,(H-,64,67,68,69)/p+1/b21-19-,27-25-,40-38+,48-46+,56-54+. The second-order valence-corrected chi connectivity index (χ2v) is 23.5. The van der Waals surface area contributed by atoms with Gasteiger partial charge >= 0.3 is 7.82 Å². The topological polar surface area (TPSA) is 105 Å². The van der Waals surface area contributed by atoms with Crippen molar-refractivity contribution in [3.05, 3.63) is 60.8 Å². The Kier molecular flexibility index (Phi) is 52.7. The van der Waals surface area contributed by atoms with Crippen molar-refractivity contribution in [1.82, 2.24) is 5.32 Å². The van der Waals surface area contributed by atoms with Crippen molar-refractivity contribution >= 4 is 13.7 Å². The normalized spacial score (nSPS) is 14.3. The van der Waals surface area contributed by atoms with Gasteiger partial charge in [-0.1, -0.05) is 261 Å². The van der Waals surface area contributed by atoms with E-state index in [2.05, 4.69) is 67.8 Å². The zero-order valence-corrected chi connectivity index (χ0v) is 49.1. The Bertz CT molecular complexity index is 1360. The van der Waals surface area contributed by atoms with Gasteiger partial charge in [-0.25, -0.2) is 4.57 Å². The fourth-order valence-electron chi connectivity index (χ4n) is 8.87. The summed E-state index contributed by atoms with van der Waals surface area (Å²) < 4.78 is 23.7. The zero-order valence-electron chi connectivity index (χ0n) is 48.2. The van der Waals surface area contributed by atoms with Gasteiger partial charge in [0.25, 0.3) is 0 Å². The average Bonchev–Trinajstić information content (AvgIpc) is 3.34. The molecule has 9 heteroatoms. The molecule has 0 heterocycles. The van der Waals surface area contributed by atoms with Crippen LogP contribution in [0.4, 0.5) is 0 Å². The van der Waals surface area contributed by atoms with Gasteiger partial charge in [0.1, 0.15) is 13.2 Å². The van der Waals surface area contributed by atoms with Gasteiger partial charge in [0.15, 0.2) is 0 Å². The van der Waals surface area contributed by atoms with Crippen LogP contribution in [0.2, 0.25) is 0 Å². The molecule has 0 radical (unpaired) electrons. The first kappa shape index (κ1) is 70.2. The largest absolute Gasteiger partial charge is 0.472 e. The number of hydrogen-bond acceptors (Lipinski definition) is 5. The van der Waals surface area contributed by atoms with Crippen molar-refractivity contribution in [3.63, 3.8) is 0 Å². The lowest BCUT2D eigenvalue weighted by atomic mass is 10.0. The zero-order chi connectivity index (χ0) is 52.7. The summed E-state index contributed by atoms with van der Waals surface area (Å²) in [5, 5.41) is 13.9. The fourth-order valence-corrected chi connectivity index (χ4v) is 9.61. The fraction of sp³-hybridized carbons (Fsp3) is 0.825. The van der Waals surface area contributed by atoms with Crippen molar-refractivity contribution < 1.29 is 32.9 Å². The van der Waals surface area contributed by atoms with Gasteiger partial charge in [-0.3, -0.25) is 13.8 Å². The summed E-state index contributed by atoms with van der Waals surface area (Å²) in [6.45, 7) is 4.80. The van der Waals surface area contributed by atoms with Crippen LogP contribution in [0.5, 0.6) is 0 Å². The van der Waals surface area contributed by atoms with Gasteiger partial charge in [-0.15, -0.1) is 0 Å². The number of rotatable bonds is 56. The van der Waals surface area contributed by atoms with Gasteiger partial charge in [-0.2, -0.15) is 0 Å². The molecule has 3 atom stereocenters. The number of aliphatic hydroxyl groups excluding tert-OH is 1. The summed E-state index contributed by atoms with van der Waals surface area (Å²) in [5.41, 5.74) is 0. The molecule has 3 unspecified atom stereocenters. The van der Waals surface area contributed by atoms with Crippen LogP contribution in [0.1, 0.15) is 284 Å². The van der Waals surface area contributed by atoms with E-state index in [9.17, 15) is 19.4 Å². The van der Waals surface area contributed by atoms with Crippen LogP contribution >= 0.6 is 7.82 Å². The molecule has 0 rings (SSSR count). The van der Waals surface area contributed by atoms with Crippen LogP contribution in [0.3, 0.4) is 0 Å². The number of nitrogens with one attached hydrogen (secondary N) is 1. The second-order valence-electron chi connectivity index (χ2n) is 22.1. The highest BCUT2D eigenvalue weighted by atomic mass is 31.2. The van der Waals surface area contributed by atoms with Crippen molar-refractivity contribution in [2.45, 2.75) is 296 Å². The molecular weight excluding hydrogens is 912 g/mol. The predicted octanol–water partition coefficient (Wildman–Crippen LogP) is 18.9. The number of nitrogens with zero attached hydrogens (tertiary/aromatic N) is 1. The number of amides is 1. The molecule has 8 nitrogen and oxygen atoms in total. The monoisotopic (exact) mass is 1030 g/mol. The highest BCUT2D eigenvalue weighted by Gasteiger charge is 2.27. The predicted molar refractivity (Wildman–Crippen MR) is 314 cm³/mol. The molecule has 0 aromatic rings. The SMILES string of the molecule is CCCCCCC/C=C\C/C=C\CCCCCCCCCCCC(=O)NC(COP(=O)(O)OCC[N+](C)(C)C)C(O)/C=C/CC/C=C/CC/C=C/CCCCCCCCCCCCCCCCCCCCC. The second kappa shape index (κ2) is 54.0. The van der Waals surface area contributed by atoms with E-state index in [0.717, 1.165) is 51.4 Å². The third kappa shape index (κ3) is 55.9. The highest BCUT2D eigenvalue weighted by Crippen LogP contribution is 2.43. The summed E-state index contributed by atoms with van der Waals surface area (Å²) in [6, 6.07) is -0.875. The minimum atomic E-state index is -4.36. The summed E-state index contributed by atoms with van der Waals surface area (Å²) >= 11 is 0. The number of hydrogen-bond donors (Lipinski definition) is 3. The smallest absolute Gasteiger partial charge is 0.387 e. The van der Waals surface area contributed by atoms with Crippen molar-refractivity contribution in [1.29, 1.82) is 0 Å². The number of phosphoric ester groups is 1. The Morgan fingerprint density at radius 1 is 0.472 bits per heavy atom. The van der Waals surface area contributed by atoms with Gasteiger partial charge in [0.2, 0.25) is 5.91 Å². The molecule has 0 aromatic carbocycles. The average molecular weight is 1030 g/mol. The molecule has 0 aromatic heterocycles. The molecule has 3 N–H and O–H groups in total. The summed E-state index contributed by atoms with van der Waals surface area (Å²) in [6.07, 6.45) is 73.4. The third-order valence-electron chi connectivity index (χ3n) is 13.7. The molecule has 0 aliphatic rings. The summed E-state index contributed by atoms with van der Waals surface area (Å²) in [7, 11) is 1.54. The lowest BCUT2D eigenvalue weighted by Gasteiger charge is -2.25. The number of aliphatic hydroxyl groups is 1. The molecule has 0 aliphatic carbocycles. The number of allylic oxidation sites excluding steroid dienone is 9. The maximum atomic E-state index is 13.0. The number of unbranched alkanes of at least 4 members (excludes halogenated alkanes) is 35. The van der Waals surface area contributed by atoms with Crippen LogP contribution in [-0.4, -0.2) is 73.4 Å². The Morgan fingerprint density at radius 2 is 0.806 bits per heavy atom. The van der Waals surface area contributed by atoms with E-state index in [1.807, 2.05) is 27.2 Å².